The van der Waals surface area contributed by atoms with Crippen LogP contribution >= 0.6 is 0 Å². The maximum absolute atomic E-state index is 12.8. The normalized spacial score (nSPS) is 21.2. The predicted octanol–water partition coefficient (Wildman–Crippen LogP) is 0.250. The summed E-state index contributed by atoms with van der Waals surface area (Å²) in [5.74, 6) is 1.01. The minimum Gasteiger partial charge on any atom is -0.497 e. The number of rotatable bonds is 5. The van der Waals surface area contributed by atoms with E-state index in [4.69, 9.17) is 4.74 Å². The van der Waals surface area contributed by atoms with Crippen LogP contribution in [0.3, 0.4) is 0 Å². The smallest absolute Gasteiger partial charge is 0.267 e. The standard InChI is InChI=1S/C21H26N4O5S/c1-30-18-4-2-16(3-5-18)19-6-7-20(26)25(22-19)14-21(27)24-11-9-23(10-12-24)17-8-13-31(28,29)15-17/h2-7,17H,8-15H2,1H3/t17-/m0/s1. The van der Waals surface area contributed by atoms with Gasteiger partial charge in [0.25, 0.3) is 5.56 Å². The molecule has 1 aromatic heterocycles. The first-order valence-corrected chi connectivity index (χ1v) is 12.1. The van der Waals surface area contributed by atoms with E-state index in [-0.39, 0.29) is 35.6 Å². The molecule has 0 radical (unpaired) electrons. The Bertz CT molecular complexity index is 1110. The summed E-state index contributed by atoms with van der Waals surface area (Å²) in [4.78, 5) is 28.9. The predicted molar refractivity (Wildman–Crippen MR) is 116 cm³/mol. The number of aromatic nitrogens is 2. The third-order valence-electron chi connectivity index (χ3n) is 5.93. The van der Waals surface area contributed by atoms with E-state index in [2.05, 4.69) is 10.00 Å². The van der Waals surface area contributed by atoms with Gasteiger partial charge >= 0.3 is 0 Å². The fourth-order valence-corrected chi connectivity index (χ4v) is 5.87. The van der Waals surface area contributed by atoms with Gasteiger partial charge in [0.15, 0.2) is 9.84 Å². The van der Waals surface area contributed by atoms with Gasteiger partial charge in [-0.3, -0.25) is 14.5 Å². The zero-order valence-electron chi connectivity index (χ0n) is 17.4. The van der Waals surface area contributed by atoms with Crippen LogP contribution in [0.4, 0.5) is 0 Å². The van der Waals surface area contributed by atoms with Crippen molar-refractivity contribution in [2.45, 2.75) is 19.0 Å². The zero-order valence-corrected chi connectivity index (χ0v) is 18.3. The molecule has 1 aromatic carbocycles. The van der Waals surface area contributed by atoms with E-state index in [1.54, 1.807) is 18.1 Å². The Morgan fingerprint density at radius 1 is 1.10 bits per heavy atom. The van der Waals surface area contributed by atoms with E-state index in [1.807, 2.05) is 24.3 Å². The average Bonchev–Trinajstić information content (AvgIpc) is 3.15. The highest BCUT2D eigenvalue weighted by Gasteiger charge is 2.34. The minimum absolute atomic E-state index is 0.0488. The molecule has 0 aliphatic carbocycles. The second-order valence-corrected chi connectivity index (χ2v) is 10.1. The van der Waals surface area contributed by atoms with Crippen LogP contribution in [0.1, 0.15) is 6.42 Å². The molecule has 0 bridgehead atoms. The van der Waals surface area contributed by atoms with Crippen LogP contribution in [0.2, 0.25) is 0 Å². The average molecular weight is 447 g/mol. The van der Waals surface area contributed by atoms with Crippen molar-refractivity contribution < 1.29 is 17.9 Å². The summed E-state index contributed by atoms with van der Waals surface area (Å²) in [6.45, 7) is 2.19. The summed E-state index contributed by atoms with van der Waals surface area (Å²) in [5.41, 5.74) is 1.09. The number of benzene rings is 1. The number of piperazine rings is 1. The summed E-state index contributed by atoms with van der Waals surface area (Å²) in [5, 5.41) is 4.37. The summed E-state index contributed by atoms with van der Waals surface area (Å²) in [7, 11) is -1.33. The van der Waals surface area contributed by atoms with Crippen LogP contribution in [-0.4, -0.2) is 84.7 Å². The lowest BCUT2D eigenvalue weighted by Gasteiger charge is -2.37. The van der Waals surface area contributed by atoms with E-state index >= 15 is 0 Å². The van der Waals surface area contributed by atoms with Gasteiger partial charge in [-0.1, -0.05) is 0 Å². The minimum atomic E-state index is -2.93. The first-order chi connectivity index (χ1) is 14.8. The van der Waals surface area contributed by atoms with Crippen molar-refractivity contribution in [2.24, 2.45) is 0 Å². The Morgan fingerprint density at radius 2 is 1.81 bits per heavy atom. The van der Waals surface area contributed by atoms with Crippen LogP contribution in [0.15, 0.2) is 41.2 Å². The first-order valence-electron chi connectivity index (χ1n) is 10.3. The molecule has 2 aromatic rings. The number of methoxy groups -OCH3 is 1. The molecular formula is C21H26N4O5S. The van der Waals surface area contributed by atoms with Crippen LogP contribution in [-0.2, 0) is 21.2 Å². The molecule has 2 aliphatic heterocycles. The summed E-state index contributed by atoms with van der Waals surface area (Å²) in [6.07, 6.45) is 0.660. The first kappa shape index (κ1) is 21.5. The maximum Gasteiger partial charge on any atom is 0.267 e. The van der Waals surface area contributed by atoms with E-state index in [1.165, 1.54) is 10.7 Å². The Labute approximate surface area is 181 Å². The third kappa shape index (κ3) is 4.96. The molecule has 1 atom stereocenters. The van der Waals surface area contributed by atoms with Crippen LogP contribution in [0.25, 0.3) is 11.3 Å². The van der Waals surface area contributed by atoms with Crippen molar-refractivity contribution in [2.75, 3.05) is 44.8 Å². The molecule has 2 aliphatic rings. The van der Waals surface area contributed by atoms with Crippen LogP contribution in [0.5, 0.6) is 5.75 Å². The molecule has 31 heavy (non-hydrogen) atoms. The number of carbonyl (C=O) groups excluding carboxylic acids is 1. The number of carbonyl (C=O) groups is 1. The Morgan fingerprint density at radius 3 is 2.42 bits per heavy atom. The van der Waals surface area contributed by atoms with Gasteiger partial charge in [0, 0.05) is 43.9 Å². The maximum atomic E-state index is 12.8. The Balaban J connectivity index is 1.39. The number of hydrogen-bond acceptors (Lipinski definition) is 7. The molecule has 0 unspecified atom stereocenters. The van der Waals surface area contributed by atoms with Gasteiger partial charge in [-0.05, 0) is 36.8 Å². The monoisotopic (exact) mass is 446 g/mol. The molecule has 2 saturated heterocycles. The lowest BCUT2D eigenvalue weighted by atomic mass is 10.1. The molecule has 0 spiro atoms. The molecule has 10 heteroatoms. The number of amides is 1. The molecule has 3 heterocycles. The summed E-state index contributed by atoms with van der Waals surface area (Å²) in [6, 6.07) is 10.4. The lowest BCUT2D eigenvalue weighted by Crippen LogP contribution is -2.53. The number of ether oxygens (including phenoxy) is 1. The van der Waals surface area contributed by atoms with Gasteiger partial charge in [-0.25, -0.2) is 13.1 Å². The third-order valence-corrected chi connectivity index (χ3v) is 7.68. The molecule has 9 nitrogen and oxygen atoms in total. The fraction of sp³-hybridized carbons (Fsp3) is 0.476. The van der Waals surface area contributed by atoms with E-state index in [0.717, 1.165) is 11.3 Å². The van der Waals surface area contributed by atoms with Gasteiger partial charge in [-0.15, -0.1) is 0 Å². The largest absolute Gasteiger partial charge is 0.497 e. The zero-order chi connectivity index (χ0) is 22.0. The SMILES string of the molecule is COc1ccc(-c2ccc(=O)n(CC(=O)N3CCN([C@H]4CCS(=O)(=O)C4)CC3)n2)cc1. The van der Waals surface area contributed by atoms with Crippen molar-refractivity contribution in [3.63, 3.8) is 0 Å². The Hall–Kier alpha value is -2.72. The van der Waals surface area contributed by atoms with Crippen LogP contribution < -0.4 is 10.3 Å². The van der Waals surface area contributed by atoms with Gasteiger partial charge in [-0.2, -0.15) is 5.10 Å². The highest BCUT2D eigenvalue weighted by molar-refractivity contribution is 7.91. The molecule has 1 amide bonds. The molecule has 2 fully saturated rings. The molecule has 0 saturated carbocycles. The van der Waals surface area contributed by atoms with Gasteiger partial charge in [0.2, 0.25) is 5.91 Å². The topological polar surface area (TPSA) is 102 Å². The number of hydrogen-bond donors (Lipinski definition) is 0. The van der Waals surface area contributed by atoms with E-state index in [9.17, 15) is 18.0 Å². The summed E-state index contributed by atoms with van der Waals surface area (Å²) >= 11 is 0. The van der Waals surface area contributed by atoms with Crippen molar-refractivity contribution in [3.8, 4) is 17.0 Å². The highest BCUT2D eigenvalue weighted by Crippen LogP contribution is 2.20. The second-order valence-electron chi connectivity index (χ2n) is 7.92. The van der Waals surface area contributed by atoms with Crippen molar-refractivity contribution in [3.05, 3.63) is 46.8 Å². The fourth-order valence-electron chi connectivity index (χ4n) is 4.11. The highest BCUT2D eigenvalue weighted by atomic mass is 32.2. The second kappa shape index (κ2) is 8.80. The van der Waals surface area contributed by atoms with Gasteiger partial charge in [0.1, 0.15) is 12.3 Å². The number of sulfone groups is 1. The quantitative estimate of drug-likeness (QED) is 0.649. The van der Waals surface area contributed by atoms with Crippen molar-refractivity contribution >= 4 is 15.7 Å². The Kier molecular flexibility index (Phi) is 6.10. The molecule has 166 valence electrons. The van der Waals surface area contributed by atoms with Gasteiger partial charge in [0.05, 0.1) is 24.3 Å². The lowest BCUT2D eigenvalue weighted by molar-refractivity contribution is -0.134. The molecule has 0 N–H and O–H groups in total. The van der Waals surface area contributed by atoms with E-state index < -0.39 is 9.84 Å². The van der Waals surface area contributed by atoms with Crippen molar-refractivity contribution in [1.29, 1.82) is 0 Å². The summed E-state index contributed by atoms with van der Waals surface area (Å²) < 4.78 is 29.8. The van der Waals surface area contributed by atoms with Gasteiger partial charge < -0.3 is 9.64 Å². The van der Waals surface area contributed by atoms with E-state index in [0.29, 0.717) is 38.3 Å². The van der Waals surface area contributed by atoms with Crippen LogP contribution in [0, 0.1) is 0 Å². The molecule has 4 rings (SSSR count). The number of nitrogens with zero attached hydrogens (tertiary/aromatic N) is 4. The molecular weight excluding hydrogens is 420 g/mol. The van der Waals surface area contributed by atoms with Crippen molar-refractivity contribution in [1.82, 2.24) is 19.6 Å².